The van der Waals surface area contributed by atoms with Crippen LogP contribution in [0.2, 0.25) is 0 Å². The molecule has 1 fully saturated rings. The van der Waals surface area contributed by atoms with Gasteiger partial charge in [-0.05, 0) is 30.7 Å². The number of likely N-dealkylation sites (N-methyl/N-ethyl adjacent to an activating group) is 1. The second-order valence-corrected chi connectivity index (χ2v) is 7.79. The molecule has 2 amide bonds. The number of rotatable bonds is 7. The SMILES string of the molecule is CC(=O)N1CCN(c2ccc(C(=O)N(C)CCOc3ccccc3C)cc2[N+](=O)[O-])CC1. The van der Waals surface area contributed by atoms with Crippen molar-refractivity contribution in [3.05, 3.63) is 63.7 Å². The van der Waals surface area contributed by atoms with E-state index in [0.29, 0.717) is 45.0 Å². The van der Waals surface area contributed by atoms with Crippen molar-refractivity contribution in [2.45, 2.75) is 13.8 Å². The lowest BCUT2D eigenvalue weighted by molar-refractivity contribution is -0.384. The molecule has 0 aliphatic carbocycles. The molecule has 1 aliphatic rings. The number of piperazine rings is 1. The Morgan fingerprint density at radius 2 is 1.81 bits per heavy atom. The maximum atomic E-state index is 12.8. The first kappa shape index (κ1) is 23.1. The van der Waals surface area contributed by atoms with Crippen LogP contribution >= 0.6 is 0 Å². The summed E-state index contributed by atoms with van der Waals surface area (Å²) in [6.45, 7) is 6.15. The van der Waals surface area contributed by atoms with E-state index in [9.17, 15) is 19.7 Å². The number of carbonyl (C=O) groups is 2. The zero-order chi connectivity index (χ0) is 23.3. The lowest BCUT2D eigenvalue weighted by Crippen LogP contribution is -2.48. The summed E-state index contributed by atoms with van der Waals surface area (Å²) in [5, 5.41) is 11.7. The standard InChI is InChI=1S/C23H28N4O5/c1-17-6-4-5-7-22(17)32-15-14-24(3)23(29)19-8-9-20(21(16-19)27(30)31)26-12-10-25(11-13-26)18(2)28/h4-9,16H,10-15H2,1-3H3. The van der Waals surface area contributed by atoms with E-state index in [0.717, 1.165) is 11.3 Å². The van der Waals surface area contributed by atoms with E-state index in [1.165, 1.54) is 17.9 Å². The molecular formula is C23H28N4O5. The van der Waals surface area contributed by atoms with Crippen LogP contribution in [0.4, 0.5) is 11.4 Å². The number of carbonyl (C=O) groups excluding carboxylic acids is 2. The van der Waals surface area contributed by atoms with E-state index in [4.69, 9.17) is 4.74 Å². The van der Waals surface area contributed by atoms with Crippen LogP contribution in [-0.2, 0) is 4.79 Å². The summed E-state index contributed by atoms with van der Waals surface area (Å²) in [7, 11) is 1.64. The van der Waals surface area contributed by atoms with Crippen molar-refractivity contribution in [3.8, 4) is 5.75 Å². The number of hydrogen-bond acceptors (Lipinski definition) is 6. The number of nitro benzene ring substituents is 1. The monoisotopic (exact) mass is 440 g/mol. The third-order valence-corrected chi connectivity index (χ3v) is 5.61. The van der Waals surface area contributed by atoms with Gasteiger partial charge in [-0.15, -0.1) is 0 Å². The van der Waals surface area contributed by atoms with E-state index in [1.807, 2.05) is 36.1 Å². The van der Waals surface area contributed by atoms with Gasteiger partial charge >= 0.3 is 0 Å². The van der Waals surface area contributed by atoms with Crippen molar-refractivity contribution >= 4 is 23.2 Å². The number of para-hydroxylation sites is 1. The largest absolute Gasteiger partial charge is 0.491 e. The van der Waals surface area contributed by atoms with E-state index < -0.39 is 4.92 Å². The van der Waals surface area contributed by atoms with Crippen LogP contribution in [0.1, 0.15) is 22.8 Å². The van der Waals surface area contributed by atoms with Crippen molar-refractivity contribution in [2.75, 3.05) is 51.3 Å². The van der Waals surface area contributed by atoms with E-state index in [2.05, 4.69) is 0 Å². The number of nitro groups is 1. The highest BCUT2D eigenvalue weighted by Crippen LogP contribution is 2.30. The molecular weight excluding hydrogens is 412 g/mol. The predicted octanol–water partition coefficient (Wildman–Crippen LogP) is 2.72. The van der Waals surface area contributed by atoms with Crippen LogP contribution < -0.4 is 9.64 Å². The molecule has 0 atom stereocenters. The van der Waals surface area contributed by atoms with Gasteiger partial charge in [0, 0.05) is 51.8 Å². The number of amides is 2. The van der Waals surface area contributed by atoms with Gasteiger partial charge in [0.05, 0.1) is 11.5 Å². The first-order chi connectivity index (χ1) is 15.3. The highest BCUT2D eigenvalue weighted by Gasteiger charge is 2.26. The van der Waals surface area contributed by atoms with E-state index >= 15 is 0 Å². The first-order valence-corrected chi connectivity index (χ1v) is 10.5. The lowest BCUT2D eigenvalue weighted by atomic mass is 10.1. The number of aryl methyl sites for hydroxylation is 1. The second kappa shape index (κ2) is 10.1. The minimum atomic E-state index is -0.468. The van der Waals surface area contributed by atoms with E-state index in [1.54, 1.807) is 24.1 Å². The van der Waals surface area contributed by atoms with Crippen LogP contribution in [0.5, 0.6) is 5.75 Å². The van der Waals surface area contributed by atoms with Crippen LogP contribution in [0.15, 0.2) is 42.5 Å². The topological polar surface area (TPSA) is 96.2 Å². The van der Waals surface area contributed by atoms with E-state index in [-0.39, 0.29) is 23.1 Å². The molecule has 2 aromatic carbocycles. The lowest BCUT2D eigenvalue weighted by Gasteiger charge is -2.35. The number of nitrogens with zero attached hydrogens (tertiary/aromatic N) is 4. The maximum Gasteiger partial charge on any atom is 0.293 e. The third kappa shape index (κ3) is 5.35. The van der Waals surface area contributed by atoms with Crippen molar-refractivity contribution in [1.29, 1.82) is 0 Å². The van der Waals surface area contributed by atoms with Crippen LogP contribution in [0.3, 0.4) is 0 Å². The molecule has 0 bridgehead atoms. The fourth-order valence-electron chi connectivity index (χ4n) is 3.67. The summed E-state index contributed by atoms with van der Waals surface area (Å²) < 4.78 is 5.74. The number of anilines is 1. The quantitative estimate of drug-likeness (QED) is 0.485. The van der Waals surface area contributed by atoms with Crippen molar-refractivity contribution in [3.63, 3.8) is 0 Å². The van der Waals surface area contributed by atoms with Gasteiger partial charge in [0.2, 0.25) is 5.91 Å². The molecule has 9 heteroatoms. The van der Waals surface area contributed by atoms with Gasteiger partial charge in [0.1, 0.15) is 18.0 Å². The average Bonchev–Trinajstić information content (AvgIpc) is 2.79. The highest BCUT2D eigenvalue weighted by atomic mass is 16.6. The van der Waals surface area contributed by atoms with Crippen LogP contribution in [-0.4, -0.2) is 72.9 Å². The smallest absolute Gasteiger partial charge is 0.293 e. The number of ether oxygens (including phenoxy) is 1. The molecule has 1 heterocycles. The Morgan fingerprint density at radius 1 is 1.12 bits per heavy atom. The van der Waals surface area contributed by atoms with Gasteiger partial charge < -0.3 is 19.4 Å². The Hall–Kier alpha value is -3.62. The highest BCUT2D eigenvalue weighted by molar-refractivity contribution is 5.95. The average molecular weight is 441 g/mol. The van der Waals surface area contributed by atoms with Crippen LogP contribution in [0, 0.1) is 17.0 Å². The molecule has 0 aromatic heterocycles. The fourth-order valence-corrected chi connectivity index (χ4v) is 3.67. The molecule has 32 heavy (non-hydrogen) atoms. The van der Waals surface area contributed by atoms with Gasteiger partial charge in [0.15, 0.2) is 0 Å². The Kier molecular flexibility index (Phi) is 7.29. The predicted molar refractivity (Wildman–Crippen MR) is 121 cm³/mol. The maximum absolute atomic E-state index is 12.8. The summed E-state index contributed by atoms with van der Waals surface area (Å²) >= 11 is 0. The molecule has 1 aliphatic heterocycles. The molecule has 0 N–H and O–H groups in total. The Labute approximate surface area is 187 Å². The Bertz CT molecular complexity index is 1000. The minimum Gasteiger partial charge on any atom is -0.491 e. The minimum absolute atomic E-state index is 0.00506. The van der Waals surface area contributed by atoms with Crippen molar-refractivity contribution in [2.24, 2.45) is 0 Å². The summed E-state index contributed by atoms with van der Waals surface area (Å²) in [5.74, 6) is 0.446. The molecule has 1 saturated heterocycles. The van der Waals surface area contributed by atoms with Gasteiger partial charge in [-0.2, -0.15) is 0 Å². The number of benzene rings is 2. The summed E-state index contributed by atoms with van der Waals surface area (Å²) in [5.41, 5.74) is 1.61. The molecule has 0 spiro atoms. The van der Waals surface area contributed by atoms with Gasteiger partial charge in [-0.1, -0.05) is 18.2 Å². The van der Waals surface area contributed by atoms with Gasteiger partial charge in [0.25, 0.3) is 11.6 Å². The van der Waals surface area contributed by atoms with Gasteiger partial charge in [-0.3, -0.25) is 19.7 Å². The summed E-state index contributed by atoms with van der Waals surface area (Å²) in [6.07, 6.45) is 0. The zero-order valence-corrected chi connectivity index (χ0v) is 18.6. The van der Waals surface area contributed by atoms with Crippen LogP contribution in [0.25, 0.3) is 0 Å². The van der Waals surface area contributed by atoms with Crippen molar-refractivity contribution < 1.29 is 19.2 Å². The molecule has 3 rings (SSSR count). The number of hydrogen-bond donors (Lipinski definition) is 0. The Balaban J connectivity index is 1.66. The molecule has 2 aromatic rings. The molecule has 170 valence electrons. The van der Waals surface area contributed by atoms with Gasteiger partial charge in [-0.25, -0.2) is 0 Å². The molecule has 0 saturated carbocycles. The Morgan fingerprint density at radius 3 is 2.44 bits per heavy atom. The normalized spacial score (nSPS) is 13.6. The van der Waals surface area contributed by atoms with Crippen molar-refractivity contribution in [1.82, 2.24) is 9.80 Å². The summed E-state index contributed by atoms with van der Waals surface area (Å²) in [6, 6.07) is 12.2. The first-order valence-electron chi connectivity index (χ1n) is 10.5. The molecule has 0 unspecified atom stereocenters. The fraction of sp³-hybridized carbons (Fsp3) is 0.391. The second-order valence-electron chi connectivity index (χ2n) is 7.79. The molecule has 0 radical (unpaired) electrons. The third-order valence-electron chi connectivity index (χ3n) is 5.61. The zero-order valence-electron chi connectivity index (χ0n) is 18.6. The molecule has 9 nitrogen and oxygen atoms in total. The summed E-state index contributed by atoms with van der Waals surface area (Å²) in [4.78, 5) is 40.7.